The lowest BCUT2D eigenvalue weighted by molar-refractivity contribution is -0.204. The van der Waals surface area contributed by atoms with Crippen LogP contribution in [-0.4, -0.2) is 62.5 Å². The zero-order valence-electron chi connectivity index (χ0n) is 21.2. The number of aliphatic hydroxyl groups excluding tert-OH is 1. The summed E-state index contributed by atoms with van der Waals surface area (Å²) in [6.45, 7) is 4.84. The van der Waals surface area contributed by atoms with E-state index < -0.39 is 61.4 Å². The number of ether oxygens (including phenoxy) is 2. The fourth-order valence-corrected chi connectivity index (χ4v) is 5.06. The van der Waals surface area contributed by atoms with Gasteiger partial charge >= 0.3 is 19.4 Å². The van der Waals surface area contributed by atoms with Crippen LogP contribution in [0.3, 0.4) is 0 Å². The molecule has 38 heavy (non-hydrogen) atoms. The minimum atomic E-state index is -4.55. The zero-order valence-corrected chi connectivity index (χ0v) is 22.1. The highest BCUT2D eigenvalue weighted by Gasteiger charge is 2.63. The highest BCUT2D eigenvalue weighted by Crippen LogP contribution is 2.50. The lowest BCUT2D eigenvalue weighted by Gasteiger charge is -2.29. The molecule has 3 rings (SSSR count). The van der Waals surface area contributed by atoms with Gasteiger partial charge in [0.25, 0.3) is 11.4 Å². The molecule has 210 valence electrons. The average Bonchev–Trinajstić information content (AvgIpc) is 3.02. The number of nitrogens with zero attached hydrogens (tertiary/aromatic N) is 1. The Morgan fingerprint density at radius 1 is 1.26 bits per heavy atom. The van der Waals surface area contributed by atoms with E-state index in [1.807, 2.05) is 18.8 Å². The van der Waals surface area contributed by atoms with Gasteiger partial charge in [-0.3, -0.25) is 23.7 Å². The predicted octanol–water partition coefficient (Wildman–Crippen LogP) is 1.22. The first-order chi connectivity index (χ1) is 17.7. The summed E-state index contributed by atoms with van der Waals surface area (Å²) in [5.41, 5.74) is -4.18. The summed E-state index contributed by atoms with van der Waals surface area (Å²) in [5, 5.41) is 23.8. The van der Waals surface area contributed by atoms with Crippen molar-refractivity contribution in [2.24, 2.45) is 5.92 Å². The molecule has 4 N–H and O–H groups in total. The number of carbonyl (C=O) groups excluding carboxylic acids is 1. The largest absolute Gasteiger partial charge is 0.464 e. The molecular weight excluding hydrogens is 528 g/mol. The summed E-state index contributed by atoms with van der Waals surface area (Å²) in [7, 11) is -4.55. The van der Waals surface area contributed by atoms with Crippen LogP contribution in [0.1, 0.15) is 33.9 Å². The van der Waals surface area contributed by atoms with E-state index in [2.05, 4.69) is 5.09 Å². The first-order valence-corrected chi connectivity index (χ1v) is 13.2. The van der Waals surface area contributed by atoms with Crippen LogP contribution >= 0.6 is 7.75 Å². The number of esters is 1. The molecule has 1 saturated heterocycles. The SMILES string of the molecule is CC(C)COC(=O)C(C)NP(=O)(OC[C@@]1(F)O[C@@H](n2ccc(=O)[nH]c2=O)[C@](C)(O)[C@@H]1O)Oc1ccccc1. The number of hydrogen-bond acceptors (Lipinski definition) is 10. The predicted molar refractivity (Wildman–Crippen MR) is 131 cm³/mol. The van der Waals surface area contributed by atoms with Crippen LogP contribution in [0.4, 0.5) is 4.39 Å². The van der Waals surface area contributed by atoms with Crippen LogP contribution in [0.25, 0.3) is 0 Å². The molecule has 0 saturated carbocycles. The Morgan fingerprint density at radius 2 is 1.92 bits per heavy atom. The molecule has 2 heterocycles. The molecule has 0 aliphatic carbocycles. The van der Waals surface area contributed by atoms with Crippen LogP contribution in [0.2, 0.25) is 0 Å². The van der Waals surface area contributed by atoms with Gasteiger partial charge in [-0.2, -0.15) is 5.09 Å². The third-order valence-corrected chi connectivity index (χ3v) is 7.16. The standard InChI is InChI=1S/C23H31FN3O10P/c1-14(2)12-34-18(29)15(3)26-38(33,37-16-8-6-5-7-9-16)35-13-23(24)19(30)22(4,32)20(36-23)27-11-10-17(28)25-21(27)31/h5-11,14-15,19-20,30,32H,12-13H2,1-4H3,(H,26,33)(H,25,28,31)/t15?,19-,20+,22+,23+,38?/m0/s1. The van der Waals surface area contributed by atoms with Crippen molar-refractivity contribution < 1.29 is 42.5 Å². The van der Waals surface area contributed by atoms with Gasteiger partial charge < -0.3 is 24.2 Å². The molecule has 15 heteroatoms. The molecule has 6 atom stereocenters. The third-order valence-electron chi connectivity index (χ3n) is 5.54. The van der Waals surface area contributed by atoms with Crippen molar-refractivity contribution in [3.63, 3.8) is 0 Å². The Bertz CT molecular complexity index is 1280. The van der Waals surface area contributed by atoms with E-state index in [0.717, 1.165) is 19.2 Å². The van der Waals surface area contributed by atoms with Crippen LogP contribution < -0.4 is 20.9 Å². The molecule has 0 radical (unpaired) electrons. The van der Waals surface area contributed by atoms with Crippen molar-refractivity contribution in [1.29, 1.82) is 0 Å². The van der Waals surface area contributed by atoms with Gasteiger partial charge in [-0.25, -0.2) is 13.8 Å². The van der Waals surface area contributed by atoms with E-state index in [1.54, 1.807) is 18.2 Å². The normalized spacial score (nSPS) is 27.6. The van der Waals surface area contributed by atoms with Gasteiger partial charge in [0.05, 0.1) is 6.61 Å². The fraction of sp³-hybridized carbons (Fsp3) is 0.522. The molecule has 0 amide bonds. The lowest BCUT2D eigenvalue weighted by Crippen LogP contribution is -2.50. The monoisotopic (exact) mass is 559 g/mol. The molecule has 1 aliphatic heterocycles. The van der Waals surface area contributed by atoms with Gasteiger partial charge in [-0.05, 0) is 31.9 Å². The number of nitrogens with one attached hydrogen (secondary N) is 2. The number of aromatic nitrogens is 2. The van der Waals surface area contributed by atoms with E-state index >= 15 is 4.39 Å². The van der Waals surface area contributed by atoms with E-state index in [9.17, 15) is 29.2 Å². The summed E-state index contributed by atoms with van der Waals surface area (Å²) in [6.07, 6.45) is -3.16. The number of rotatable bonds is 11. The molecule has 1 aromatic heterocycles. The summed E-state index contributed by atoms with van der Waals surface area (Å²) in [6, 6.07) is 7.41. The number of carbonyl (C=O) groups is 1. The Labute approximate surface area is 217 Å². The maximum Gasteiger partial charge on any atom is 0.459 e. The zero-order chi connectivity index (χ0) is 28.3. The van der Waals surface area contributed by atoms with Crippen molar-refractivity contribution >= 4 is 13.7 Å². The molecule has 2 unspecified atom stereocenters. The van der Waals surface area contributed by atoms with Crippen LogP contribution in [0, 0.1) is 5.92 Å². The van der Waals surface area contributed by atoms with Gasteiger partial charge in [0.2, 0.25) is 0 Å². The van der Waals surface area contributed by atoms with Gasteiger partial charge in [-0.1, -0.05) is 32.0 Å². The minimum Gasteiger partial charge on any atom is -0.464 e. The third kappa shape index (κ3) is 6.76. The van der Waals surface area contributed by atoms with Gasteiger partial charge in [0.15, 0.2) is 6.23 Å². The molecule has 0 bridgehead atoms. The highest BCUT2D eigenvalue weighted by atomic mass is 31.2. The van der Waals surface area contributed by atoms with Crippen LogP contribution in [0.5, 0.6) is 5.75 Å². The van der Waals surface area contributed by atoms with E-state index in [1.165, 1.54) is 19.1 Å². The Kier molecular flexibility index (Phi) is 8.97. The molecular formula is C23H31FN3O10P. The van der Waals surface area contributed by atoms with Crippen molar-refractivity contribution in [2.45, 2.75) is 57.5 Å². The maximum atomic E-state index is 15.9. The summed E-state index contributed by atoms with van der Waals surface area (Å²) in [5.74, 6) is -3.89. The molecule has 2 aromatic rings. The second kappa shape index (κ2) is 11.5. The Morgan fingerprint density at radius 3 is 2.53 bits per heavy atom. The molecule has 1 fully saturated rings. The first-order valence-electron chi connectivity index (χ1n) is 11.7. The number of benzene rings is 1. The second-order valence-electron chi connectivity index (χ2n) is 9.45. The molecule has 13 nitrogen and oxygen atoms in total. The lowest BCUT2D eigenvalue weighted by atomic mass is 9.95. The van der Waals surface area contributed by atoms with Gasteiger partial charge in [0, 0.05) is 12.3 Å². The van der Waals surface area contributed by atoms with Crippen molar-refractivity contribution in [3.05, 3.63) is 63.4 Å². The van der Waals surface area contributed by atoms with Crippen LogP contribution in [0.15, 0.2) is 52.2 Å². The molecule has 1 aromatic carbocycles. The van der Waals surface area contributed by atoms with Gasteiger partial charge in [0.1, 0.15) is 30.1 Å². The van der Waals surface area contributed by atoms with Crippen molar-refractivity contribution in [1.82, 2.24) is 14.6 Å². The first kappa shape index (κ1) is 29.7. The number of halogens is 1. The summed E-state index contributed by atoms with van der Waals surface area (Å²) >= 11 is 0. The topological polar surface area (TPSA) is 178 Å². The Hall–Kier alpha value is -2.87. The van der Waals surface area contributed by atoms with Gasteiger partial charge in [-0.15, -0.1) is 0 Å². The molecule has 0 spiro atoms. The fourth-order valence-electron chi connectivity index (χ4n) is 3.55. The van der Waals surface area contributed by atoms with E-state index in [0.29, 0.717) is 4.57 Å². The van der Waals surface area contributed by atoms with E-state index in [-0.39, 0.29) is 18.3 Å². The Balaban J connectivity index is 1.84. The van der Waals surface area contributed by atoms with Crippen molar-refractivity contribution in [3.8, 4) is 5.75 Å². The minimum absolute atomic E-state index is 0.0397. The smallest absolute Gasteiger partial charge is 0.459 e. The number of hydrogen-bond donors (Lipinski definition) is 4. The van der Waals surface area contributed by atoms with Crippen LogP contribution in [-0.2, 0) is 23.4 Å². The summed E-state index contributed by atoms with van der Waals surface area (Å²) in [4.78, 5) is 37.9. The average molecular weight is 559 g/mol. The maximum absolute atomic E-state index is 15.9. The summed E-state index contributed by atoms with van der Waals surface area (Å²) < 4.78 is 51.2. The quantitative estimate of drug-likeness (QED) is 0.230. The number of aromatic amines is 1. The molecule has 1 aliphatic rings. The van der Waals surface area contributed by atoms with Crippen molar-refractivity contribution in [2.75, 3.05) is 13.2 Å². The van der Waals surface area contributed by atoms with E-state index in [4.69, 9.17) is 18.5 Å². The highest BCUT2D eigenvalue weighted by molar-refractivity contribution is 7.52. The number of aliphatic hydroxyl groups is 2. The number of para-hydroxylation sites is 1. The number of alkyl halides is 1. The number of H-pyrrole nitrogens is 1. The second-order valence-corrected chi connectivity index (χ2v) is 11.1.